The highest BCUT2D eigenvalue weighted by molar-refractivity contribution is 5.92. The molecular formula is C27H30N2O5. The zero-order chi connectivity index (χ0) is 24.0. The van der Waals surface area contributed by atoms with Crippen LogP contribution in [0.1, 0.15) is 55.1 Å². The second-order valence-corrected chi connectivity index (χ2v) is 8.96. The first-order valence-electron chi connectivity index (χ1n) is 11.8. The van der Waals surface area contributed by atoms with Gasteiger partial charge in [-0.1, -0.05) is 67.9 Å². The van der Waals surface area contributed by atoms with E-state index in [-0.39, 0.29) is 23.7 Å². The summed E-state index contributed by atoms with van der Waals surface area (Å²) in [5, 5.41) is 15.8. The van der Waals surface area contributed by atoms with Crippen LogP contribution < -0.4 is 5.32 Å². The molecule has 2 aromatic carbocycles. The molecule has 4 rings (SSSR count). The molecular weight excluding hydrogens is 432 g/mol. The molecule has 7 nitrogen and oxygen atoms in total. The molecule has 178 valence electrons. The summed E-state index contributed by atoms with van der Waals surface area (Å²) >= 11 is 0. The number of nitrogens with one attached hydrogen (secondary N) is 1. The van der Waals surface area contributed by atoms with Gasteiger partial charge >= 0.3 is 5.97 Å². The van der Waals surface area contributed by atoms with E-state index in [0.29, 0.717) is 19.4 Å². The Morgan fingerprint density at radius 1 is 1.12 bits per heavy atom. The van der Waals surface area contributed by atoms with Crippen LogP contribution in [0.5, 0.6) is 5.88 Å². The fourth-order valence-corrected chi connectivity index (χ4v) is 4.13. The molecule has 1 amide bonds. The number of unbranched alkanes of at least 4 members (excludes halogenated alkanes) is 1. The van der Waals surface area contributed by atoms with Crippen LogP contribution >= 0.6 is 0 Å². The number of carbonyl (C=O) groups is 2. The number of nitrogens with zero attached hydrogens (tertiary/aromatic N) is 1. The third-order valence-corrected chi connectivity index (χ3v) is 6.25. The van der Waals surface area contributed by atoms with E-state index in [1.165, 1.54) is 6.07 Å². The topological polar surface area (TPSA) is 102 Å². The van der Waals surface area contributed by atoms with E-state index in [0.717, 1.165) is 42.4 Å². The summed E-state index contributed by atoms with van der Waals surface area (Å²) in [5.74, 6) is -1.08. The van der Waals surface area contributed by atoms with Gasteiger partial charge in [0.2, 0.25) is 5.76 Å². The summed E-state index contributed by atoms with van der Waals surface area (Å²) in [6, 6.07) is 19.2. The van der Waals surface area contributed by atoms with E-state index in [1.807, 2.05) is 30.3 Å². The Hall–Kier alpha value is -3.61. The molecule has 0 bridgehead atoms. The molecule has 1 fully saturated rings. The summed E-state index contributed by atoms with van der Waals surface area (Å²) in [4.78, 5) is 25.5. The van der Waals surface area contributed by atoms with Crippen molar-refractivity contribution in [3.63, 3.8) is 0 Å². The summed E-state index contributed by atoms with van der Waals surface area (Å²) in [6.07, 6.45) is 4.32. The van der Waals surface area contributed by atoms with E-state index in [4.69, 9.17) is 9.26 Å². The summed E-state index contributed by atoms with van der Waals surface area (Å²) in [7, 11) is 0. The molecule has 1 heterocycles. The first-order valence-corrected chi connectivity index (χ1v) is 11.8. The number of ether oxygens (including phenoxy) is 1. The zero-order valence-corrected chi connectivity index (χ0v) is 19.3. The molecule has 1 aromatic heterocycles. The number of carbonyl (C=O) groups excluding carboxylic acids is 2. The standard InChI is InChI=1S/C27H30N2O5/c1-2-3-15-33-26(32)27(13-14-27)18-22(28-25(31)23-17-24(30)29-34-23)16-19-9-11-21(12-10-19)20-7-5-4-6-8-20/h4-12,17,22H,2-3,13-16,18H2,1H3,(H,28,31)(H,29,30)/t22-/m0/s1. The SMILES string of the molecule is CCCCOC(=O)C1(C[C@H](Cc2ccc(-c3ccccc3)cc2)NC(=O)c2cc(O)no2)CC1. The maximum Gasteiger partial charge on any atom is 0.312 e. The minimum atomic E-state index is -0.556. The van der Waals surface area contributed by atoms with Crippen molar-refractivity contribution >= 4 is 11.9 Å². The highest BCUT2D eigenvalue weighted by atomic mass is 16.5. The lowest BCUT2D eigenvalue weighted by atomic mass is 9.92. The predicted molar refractivity (Wildman–Crippen MR) is 127 cm³/mol. The van der Waals surface area contributed by atoms with Crippen LogP contribution in [0.25, 0.3) is 11.1 Å². The predicted octanol–water partition coefficient (Wildman–Crippen LogP) is 4.90. The lowest BCUT2D eigenvalue weighted by Crippen LogP contribution is -2.40. The Morgan fingerprint density at radius 2 is 1.82 bits per heavy atom. The number of esters is 1. The Balaban J connectivity index is 1.48. The molecule has 2 N–H and O–H groups in total. The maximum atomic E-state index is 12.8. The molecule has 0 unspecified atom stereocenters. The lowest BCUT2D eigenvalue weighted by molar-refractivity contribution is -0.150. The summed E-state index contributed by atoms with van der Waals surface area (Å²) in [6.45, 7) is 2.48. The summed E-state index contributed by atoms with van der Waals surface area (Å²) in [5.41, 5.74) is 2.73. The quantitative estimate of drug-likeness (QED) is 0.310. The van der Waals surface area contributed by atoms with Gasteiger partial charge in [-0.15, -0.1) is 0 Å². The van der Waals surface area contributed by atoms with E-state index in [9.17, 15) is 14.7 Å². The molecule has 1 aliphatic rings. The number of aromatic hydroxyl groups is 1. The van der Waals surface area contributed by atoms with E-state index >= 15 is 0 Å². The lowest BCUT2D eigenvalue weighted by Gasteiger charge is -2.23. The van der Waals surface area contributed by atoms with Gasteiger partial charge in [0.1, 0.15) is 0 Å². The smallest absolute Gasteiger partial charge is 0.312 e. The number of aromatic nitrogens is 1. The van der Waals surface area contributed by atoms with Crippen LogP contribution in [-0.2, 0) is 16.0 Å². The number of rotatable bonds is 11. The Labute approximate surface area is 199 Å². The molecule has 3 aromatic rings. The fraction of sp³-hybridized carbons (Fsp3) is 0.370. The van der Waals surface area contributed by atoms with Crippen molar-refractivity contribution in [2.24, 2.45) is 5.41 Å². The first kappa shape index (κ1) is 23.5. The number of amides is 1. The van der Waals surface area contributed by atoms with Crippen LogP contribution in [0.4, 0.5) is 0 Å². The average Bonchev–Trinajstić information content (AvgIpc) is 3.50. The van der Waals surface area contributed by atoms with Crippen LogP contribution in [0.2, 0.25) is 0 Å². The molecule has 1 saturated carbocycles. The van der Waals surface area contributed by atoms with Crippen LogP contribution in [0.15, 0.2) is 65.2 Å². The molecule has 1 atom stereocenters. The Kier molecular flexibility index (Phi) is 7.30. The van der Waals surface area contributed by atoms with Gasteiger partial charge in [0.05, 0.1) is 18.1 Å². The second kappa shape index (κ2) is 10.5. The van der Waals surface area contributed by atoms with Crippen LogP contribution in [-0.4, -0.2) is 34.8 Å². The van der Waals surface area contributed by atoms with E-state index < -0.39 is 11.3 Å². The van der Waals surface area contributed by atoms with Crippen LogP contribution in [0.3, 0.4) is 0 Å². The largest absolute Gasteiger partial charge is 0.491 e. The van der Waals surface area contributed by atoms with Crippen molar-refractivity contribution in [1.82, 2.24) is 10.5 Å². The monoisotopic (exact) mass is 462 g/mol. The van der Waals surface area contributed by atoms with Crippen molar-refractivity contribution in [3.8, 4) is 17.0 Å². The normalized spacial score (nSPS) is 14.9. The number of hydrogen-bond acceptors (Lipinski definition) is 6. The van der Waals surface area contributed by atoms with Crippen molar-refractivity contribution < 1.29 is 24.0 Å². The molecule has 0 radical (unpaired) electrons. The highest BCUT2D eigenvalue weighted by Gasteiger charge is 2.52. The third kappa shape index (κ3) is 5.84. The molecule has 0 saturated heterocycles. The fourth-order valence-electron chi connectivity index (χ4n) is 4.13. The van der Waals surface area contributed by atoms with Crippen molar-refractivity contribution in [3.05, 3.63) is 72.0 Å². The Bertz CT molecular complexity index is 1100. The molecule has 7 heteroatoms. The highest BCUT2D eigenvalue weighted by Crippen LogP contribution is 2.51. The number of hydrogen-bond donors (Lipinski definition) is 2. The average molecular weight is 463 g/mol. The molecule has 0 aliphatic heterocycles. The van der Waals surface area contributed by atoms with Gasteiger partial charge in [-0.2, -0.15) is 0 Å². The van der Waals surface area contributed by atoms with Crippen molar-refractivity contribution in [2.45, 2.75) is 51.5 Å². The molecule has 1 aliphatic carbocycles. The van der Waals surface area contributed by atoms with Gasteiger partial charge in [0.15, 0.2) is 0 Å². The van der Waals surface area contributed by atoms with E-state index in [1.54, 1.807) is 0 Å². The first-order chi connectivity index (χ1) is 16.5. The van der Waals surface area contributed by atoms with E-state index in [2.05, 4.69) is 41.7 Å². The van der Waals surface area contributed by atoms with Crippen molar-refractivity contribution in [2.75, 3.05) is 6.61 Å². The van der Waals surface area contributed by atoms with Gasteiger partial charge < -0.3 is 19.7 Å². The van der Waals surface area contributed by atoms with Gasteiger partial charge in [0, 0.05) is 6.04 Å². The van der Waals surface area contributed by atoms with Gasteiger partial charge in [-0.25, -0.2) is 0 Å². The maximum absolute atomic E-state index is 12.8. The second-order valence-electron chi connectivity index (χ2n) is 8.96. The Morgan fingerprint density at radius 3 is 2.44 bits per heavy atom. The molecule has 34 heavy (non-hydrogen) atoms. The van der Waals surface area contributed by atoms with Gasteiger partial charge in [0.25, 0.3) is 11.8 Å². The van der Waals surface area contributed by atoms with Crippen molar-refractivity contribution in [1.29, 1.82) is 0 Å². The zero-order valence-electron chi connectivity index (χ0n) is 19.3. The third-order valence-electron chi connectivity index (χ3n) is 6.25. The summed E-state index contributed by atoms with van der Waals surface area (Å²) < 4.78 is 10.4. The minimum Gasteiger partial charge on any atom is -0.491 e. The molecule has 0 spiro atoms. The van der Waals surface area contributed by atoms with Crippen LogP contribution in [0, 0.1) is 5.41 Å². The minimum absolute atomic E-state index is 0.0719. The van der Waals surface area contributed by atoms with Gasteiger partial charge in [-0.05, 0) is 54.0 Å². The van der Waals surface area contributed by atoms with Gasteiger partial charge in [-0.3, -0.25) is 9.59 Å². The number of benzene rings is 2.